The van der Waals surface area contributed by atoms with E-state index >= 15 is 0 Å². The van der Waals surface area contributed by atoms with E-state index in [0.717, 1.165) is 6.07 Å². The first kappa shape index (κ1) is 13.0. The molecule has 0 amide bonds. The SMILES string of the molecule is O=C([O-])[C@@H]1Nc2c(cccc2C(F)(F)F)[C@H]2C=CC[C@H]21. The lowest BCUT2D eigenvalue weighted by atomic mass is 9.78. The minimum atomic E-state index is -4.52. The highest BCUT2D eigenvalue weighted by Gasteiger charge is 2.42. The van der Waals surface area contributed by atoms with Crippen LogP contribution in [0.25, 0.3) is 0 Å². The molecule has 1 aromatic rings. The van der Waals surface area contributed by atoms with Crippen molar-refractivity contribution in [3.8, 4) is 0 Å². The number of carbonyl (C=O) groups is 1. The van der Waals surface area contributed by atoms with Gasteiger partial charge in [-0.05, 0) is 24.0 Å². The van der Waals surface area contributed by atoms with Crippen LogP contribution < -0.4 is 10.4 Å². The van der Waals surface area contributed by atoms with Crippen LogP contribution in [0, 0.1) is 5.92 Å². The van der Waals surface area contributed by atoms with Crippen molar-refractivity contribution >= 4 is 11.7 Å². The second-order valence-corrected chi connectivity index (χ2v) is 5.06. The van der Waals surface area contributed by atoms with Crippen LogP contribution in [-0.2, 0) is 11.0 Å². The maximum Gasteiger partial charge on any atom is 0.418 e. The molecule has 6 heteroatoms. The number of anilines is 1. The number of benzene rings is 1. The van der Waals surface area contributed by atoms with E-state index in [0.29, 0.717) is 12.0 Å². The minimum Gasteiger partial charge on any atom is -0.548 e. The molecule has 1 aromatic carbocycles. The molecular formula is C14H11F3NO2-. The summed E-state index contributed by atoms with van der Waals surface area (Å²) < 4.78 is 39.1. The first-order chi connectivity index (χ1) is 9.39. The normalized spacial score (nSPS) is 27.6. The average molecular weight is 282 g/mol. The molecule has 0 saturated carbocycles. The molecule has 0 unspecified atom stereocenters. The summed E-state index contributed by atoms with van der Waals surface area (Å²) in [5, 5.41) is 13.7. The van der Waals surface area contributed by atoms with Gasteiger partial charge in [-0.15, -0.1) is 0 Å². The number of nitrogens with one attached hydrogen (secondary N) is 1. The lowest BCUT2D eigenvalue weighted by molar-refractivity contribution is -0.308. The summed E-state index contributed by atoms with van der Waals surface area (Å²) in [6, 6.07) is 2.81. The molecular weight excluding hydrogens is 271 g/mol. The zero-order valence-electron chi connectivity index (χ0n) is 10.3. The number of aliphatic carboxylic acids is 1. The molecule has 3 rings (SSSR count). The van der Waals surface area contributed by atoms with Crippen LogP contribution in [0.4, 0.5) is 18.9 Å². The van der Waals surface area contributed by atoms with Gasteiger partial charge in [0, 0.05) is 5.92 Å². The second-order valence-electron chi connectivity index (χ2n) is 5.06. The topological polar surface area (TPSA) is 52.2 Å². The maximum atomic E-state index is 13.0. The molecule has 1 heterocycles. The van der Waals surface area contributed by atoms with Gasteiger partial charge in [-0.25, -0.2) is 0 Å². The highest BCUT2D eigenvalue weighted by atomic mass is 19.4. The van der Waals surface area contributed by atoms with Crippen molar-refractivity contribution in [2.45, 2.75) is 24.6 Å². The smallest absolute Gasteiger partial charge is 0.418 e. The number of halogens is 3. The first-order valence-electron chi connectivity index (χ1n) is 6.24. The van der Waals surface area contributed by atoms with Gasteiger partial charge in [0.1, 0.15) is 0 Å². The van der Waals surface area contributed by atoms with Crippen molar-refractivity contribution in [1.29, 1.82) is 0 Å². The number of carboxylic acids is 1. The Morgan fingerprint density at radius 2 is 2.10 bits per heavy atom. The van der Waals surface area contributed by atoms with Crippen LogP contribution in [-0.4, -0.2) is 12.0 Å². The predicted octanol–water partition coefficient (Wildman–Crippen LogP) is 1.91. The number of alkyl halides is 3. The Morgan fingerprint density at radius 1 is 1.35 bits per heavy atom. The summed E-state index contributed by atoms with van der Waals surface area (Å²) in [6.45, 7) is 0. The standard InChI is InChI=1S/C14H12F3NO2/c15-14(16,17)10-6-2-5-8-7-3-1-4-9(7)12(13(19)20)18-11(8)10/h1-3,5-7,9,12,18H,4H2,(H,19,20)/p-1/t7-,9-,12-/m1/s1. The monoisotopic (exact) mass is 282 g/mol. The second kappa shape index (κ2) is 4.26. The van der Waals surface area contributed by atoms with Gasteiger partial charge in [0.2, 0.25) is 0 Å². The molecule has 3 atom stereocenters. The summed E-state index contributed by atoms with van der Waals surface area (Å²) in [7, 11) is 0. The fraction of sp³-hybridized carbons (Fsp3) is 0.357. The van der Waals surface area contributed by atoms with Crippen LogP contribution in [0.5, 0.6) is 0 Å². The van der Waals surface area contributed by atoms with E-state index in [2.05, 4.69) is 5.32 Å². The molecule has 1 N–H and O–H groups in total. The number of hydrogen-bond donors (Lipinski definition) is 1. The van der Waals surface area contributed by atoms with Gasteiger partial charge < -0.3 is 15.2 Å². The number of carboxylic acid groups (broad SMARTS) is 1. The van der Waals surface area contributed by atoms with Crippen molar-refractivity contribution in [3.05, 3.63) is 41.5 Å². The van der Waals surface area contributed by atoms with E-state index in [1.807, 2.05) is 6.08 Å². The molecule has 0 fully saturated rings. The summed E-state index contributed by atoms with van der Waals surface area (Å²) >= 11 is 0. The molecule has 3 nitrogen and oxygen atoms in total. The van der Waals surface area contributed by atoms with E-state index in [4.69, 9.17) is 0 Å². The van der Waals surface area contributed by atoms with E-state index in [9.17, 15) is 23.1 Å². The van der Waals surface area contributed by atoms with E-state index in [-0.39, 0.29) is 17.5 Å². The molecule has 1 aliphatic carbocycles. The summed E-state index contributed by atoms with van der Waals surface area (Å²) in [4.78, 5) is 11.2. The highest BCUT2D eigenvalue weighted by Crippen LogP contribution is 2.48. The molecule has 0 aromatic heterocycles. The van der Waals surface area contributed by atoms with Gasteiger partial charge in [0.15, 0.2) is 0 Å². The van der Waals surface area contributed by atoms with Gasteiger partial charge in [0.25, 0.3) is 0 Å². The number of rotatable bonds is 1. The predicted molar refractivity (Wildman–Crippen MR) is 63.8 cm³/mol. The third kappa shape index (κ3) is 1.87. The Labute approximate surface area is 113 Å². The molecule has 0 spiro atoms. The Balaban J connectivity index is 2.15. The van der Waals surface area contributed by atoms with Gasteiger partial charge >= 0.3 is 6.18 Å². The Hall–Kier alpha value is -1.98. The van der Waals surface area contributed by atoms with E-state index in [1.165, 1.54) is 6.07 Å². The first-order valence-corrected chi connectivity index (χ1v) is 6.24. The number of para-hydroxylation sites is 1. The molecule has 0 saturated heterocycles. The van der Waals surface area contributed by atoms with Crippen LogP contribution >= 0.6 is 0 Å². The van der Waals surface area contributed by atoms with E-state index in [1.54, 1.807) is 12.1 Å². The Morgan fingerprint density at radius 3 is 2.75 bits per heavy atom. The summed E-state index contributed by atoms with van der Waals surface area (Å²) in [6.07, 6.45) is -0.418. The molecule has 20 heavy (non-hydrogen) atoms. The number of hydrogen-bond acceptors (Lipinski definition) is 3. The molecule has 1 aliphatic heterocycles. The third-order valence-corrected chi connectivity index (χ3v) is 3.96. The molecule has 0 radical (unpaired) electrons. The molecule has 0 bridgehead atoms. The number of fused-ring (bicyclic) bond motifs is 3. The van der Waals surface area contributed by atoms with Crippen LogP contribution in [0.1, 0.15) is 23.5 Å². The van der Waals surface area contributed by atoms with Gasteiger partial charge in [-0.1, -0.05) is 24.3 Å². The van der Waals surface area contributed by atoms with Gasteiger partial charge in [-0.3, -0.25) is 0 Å². The number of carbonyl (C=O) groups excluding carboxylic acids is 1. The Bertz CT molecular complexity index is 595. The van der Waals surface area contributed by atoms with E-state index < -0.39 is 23.8 Å². The summed E-state index contributed by atoms with van der Waals surface area (Å²) in [5.74, 6) is -1.97. The Kier molecular flexibility index (Phi) is 2.77. The highest BCUT2D eigenvalue weighted by molar-refractivity contribution is 5.80. The van der Waals surface area contributed by atoms with Crippen LogP contribution in [0.2, 0.25) is 0 Å². The number of allylic oxidation sites excluding steroid dienone is 2. The van der Waals surface area contributed by atoms with Crippen LogP contribution in [0.15, 0.2) is 30.4 Å². The zero-order chi connectivity index (χ0) is 14.5. The van der Waals surface area contributed by atoms with Crippen LogP contribution in [0.3, 0.4) is 0 Å². The van der Waals surface area contributed by atoms with Gasteiger partial charge in [-0.2, -0.15) is 13.2 Å². The van der Waals surface area contributed by atoms with Crippen molar-refractivity contribution in [3.63, 3.8) is 0 Å². The quantitative estimate of drug-likeness (QED) is 0.800. The average Bonchev–Trinajstić information content (AvgIpc) is 2.84. The fourth-order valence-electron chi connectivity index (χ4n) is 3.09. The maximum absolute atomic E-state index is 13.0. The zero-order valence-corrected chi connectivity index (χ0v) is 10.3. The van der Waals surface area contributed by atoms with Crippen molar-refractivity contribution < 1.29 is 23.1 Å². The van der Waals surface area contributed by atoms with Crippen molar-refractivity contribution in [2.24, 2.45) is 5.92 Å². The summed E-state index contributed by atoms with van der Waals surface area (Å²) in [5.41, 5.74) is -0.474. The third-order valence-electron chi connectivity index (χ3n) is 3.96. The minimum absolute atomic E-state index is 0.137. The lowest BCUT2D eigenvalue weighted by Crippen LogP contribution is -2.49. The molecule has 2 aliphatic rings. The largest absolute Gasteiger partial charge is 0.548 e. The lowest BCUT2D eigenvalue weighted by Gasteiger charge is -2.38. The van der Waals surface area contributed by atoms with Crippen molar-refractivity contribution in [1.82, 2.24) is 0 Å². The van der Waals surface area contributed by atoms with Gasteiger partial charge in [0.05, 0.1) is 23.3 Å². The fourth-order valence-corrected chi connectivity index (χ4v) is 3.09. The van der Waals surface area contributed by atoms with Crippen molar-refractivity contribution in [2.75, 3.05) is 5.32 Å². The molecule has 106 valence electrons.